The van der Waals surface area contributed by atoms with Crippen LogP contribution in [0, 0.1) is 0 Å². The lowest BCUT2D eigenvalue weighted by molar-refractivity contribution is 0.0579. The van der Waals surface area contributed by atoms with Gasteiger partial charge in [-0.1, -0.05) is 136 Å². The Morgan fingerprint density at radius 2 is 1.42 bits per heavy atom. The molecule has 4 aromatic rings. The molecule has 0 aliphatic carbocycles. The second-order valence-electron chi connectivity index (χ2n) is 12.1. The molecule has 0 spiro atoms. The van der Waals surface area contributed by atoms with E-state index >= 15 is 0 Å². The van der Waals surface area contributed by atoms with Crippen LogP contribution in [0.4, 0.5) is 0 Å². The summed E-state index contributed by atoms with van der Waals surface area (Å²) in [5.41, 5.74) is 1.73. The number of benzene rings is 4. The zero-order chi connectivity index (χ0) is 30.5. The molecule has 1 heterocycles. The number of carbonyl (C=O) groups is 1. The summed E-state index contributed by atoms with van der Waals surface area (Å²) < 4.78 is 7.27. The summed E-state index contributed by atoms with van der Waals surface area (Å²) in [5, 5.41) is 12.9. The van der Waals surface area contributed by atoms with Crippen molar-refractivity contribution in [2.24, 2.45) is 0 Å². The monoisotopic (exact) mass is 607 g/mol. The van der Waals surface area contributed by atoms with Crippen LogP contribution >= 0.6 is 11.8 Å². The number of fused-ring (bicyclic) bond motifs is 1. The predicted molar refractivity (Wildman–Crippen MR) is 180 cm³/mol. The summed E-state index contributed by atoms with van der Waals surface area (Å²) in [6.07, 6.45) is 2.52. The molecule has 0 saturated heterocycles. The van der Waals surface area contributed by atoms with Crippen molar-refractivity contribution in [3.8, 4) is 0 Å². The summed E-state index contributed by atoms with van der Waals surface area (Å²) >= 11 is 1.69. The zero-order valence-electron chi connectivity index (χ0n) is 25.3. The van der Waals surface area contributed by atoms with Gasteiger partial charge in [-0.3, -0.25) is 4.79 Å². The molecule has 4 nitrogen and oxygen atoms in total. The van der Waals surface area contributed by atoms with Crippen LogP contribution in [-0.4, -0.2) is 43.5 Å². The molecule has 1 unspecified atom stereocenters. The van der Waals surface area contributed by atoms with Crippen LogP contribution < -0.4 is 10.4 Å². The standard InChI is InChI=1S/C37H41NO3SSi/c1-5-26-37(42-30-17-9-6-10-18-30)34-24-16-15-23-33(34)35(40)38(37)27-25-29(28-39)41-43(36(2,3)4,31-19-11-7-12-20-31)32-21-13-8-14-22-32/h5-24,29,39H,1,25-28H2,2-4H3/t29-,37?/m0/s1. The van der Waals surface area contributed by atoms with Gasteiger partial charge in [-0.2, -0.15) is 0 Å². The maximum Gasteiger partial charge on any atom is 0.261 e. The highest BCUT2D eigenvalue weighted by Crippen LogP contribution is 2.53. The van der Waals surface area contributed by atoms with Gasteiger partial charge in [0.25, 0.3) is 14.2 Å². The van der Waals surface area contributed by atoms with Crippen molar-refractivity contribution in [1.82, 2.24) is 4.90 Å². The summed E-state index contributed by atoms with van der Waals surface area (Å²) in [6.45, 7) is 11.1. The molecule has 1 aliphatic heterocycles. The van der Waals surface area contributed by atoms with Gasteiger partial charge < -0.3 is 14.4 Å². The maximum atomic E-state index is 14.0. The third-order valence-electron chi connectivity index (χ3n) is 8.35. The minimum Gasteiger partial charge on any atom is -0.402 e. The predicted octanol–water partition coefficient (Wildman–Crippen LogP) is 6.99. The van der Waals surface area contributed by atoms with Crippen LogP contribution in [0.3, 0.4) is 0 Å². The number of aliphatic hydroxyl groups excluding tert-OH is 1. The number of thioether (sulfide) groups is 1. The molecule has 0 fully saturated rings. The van der Waals surface area contributed by atoms with Gasteiger partial charge in [-0.15, -0.1) is 6.58 Å². The van der Waals surface area contributed by atoms with Gasteiger partial charge in [0.2, 0.25) is 0 Å². The quantitative estimate of drug-likeness (QED) is 0.139. The molecule has 0 aromatic heterocycles. The van der Waals surface area contributed by atoms with Gasteiger partial charge in [0.05, 0.1) is 12.7 Å². The van der Waals surface area contributed by atoms with E-state index in [-0.39, 0.29) is 17.6 Å². The molecule has 222 valence electrons. The van der Waals surface area contributed by atoms with Crippen molar-refractivity contribution in [2.45, 2.75) is 54.5 Å². The normalized spacial score (nSPS) is 17.5. The molecular formula is C37H41NO3SSi. The van der Waals surface area contributed by atoms with Crippen molar-refractivity contribution < 1.29 is 14.3 Å². The van der Waals surface area contributed by atoms with Crippen LogP contribution in [0.15, 0.2) is 133 Å². The van der Waals surface area contributed by atoms with Crippen LogP contribution in [-0.2, 0) is 9.30 Å². The highest BCUT2D eigenvalue weighted by Gasteiger charge is 2.52. The number of amides is 1. The van der Waals surface area contributed by atoms with E-state index in [9.17, 15) is 9.90 Å². The van der Waals surface area contributed by atoms with Crippen molar-refractivity contribution in [3.05, 3.63) is 139 Å². The van der Waals surface area contributed by atoms with E-state index < -0.39 is 19.3 Å². The van der Waals surface area contributed by atoms with Gasteiger partial charge in [0.15, 0.2) is 0 Å². The van der Waals surface area contributed by atoms with E-state index in [4.69, 9.17) is 4.43 Å². The first-order valence-corrected chi connectivity index (χ1v) is 17.7. The smallest absolute Gasteiger partial charge is 0.261 e. The summed E-state index contributed by atoms with van der Waals surface area (Å²) in [7, 11) is -2.89. The molecule has 4 aromatic carbocycles. The van der Waals surface area contributed by atoms with Crippen LogP contribution in [0.5, 0.6) is 0 Å². The number of aliphatic hydroxyl groups is 1. The van der Waals surface area contributed by atoms with Gasteiger partial charge >= 0.3 is 0 Å². The Labute approximate surface area is 261 Å². The number of rotatable bonds is 12. The molecule has 1 aliphatic rings. The Morgan fingerprint density at radius 3 is 1.95 bits per heavy atom. The third-order valence-corrected chi connectivity index (χ3v) is 14.9. The molecule has 1 N–H and O–H groups in total. The summed E-state index contributed by atoms with van der Waals surface area (Å²) in [4.78, 5) is 16.5. The molecular weight excluding hydrogens is 567 g/mol. The Kier molecular flexibility index (Phi) is 9.42. The molecule has 0 radical (unpaired) electrons. The highest BCUT2D eigenvalue weighted by atomic mass is 32.2. The largest absolute Gasteiger partial charge is 0.402 e. The third kappa shape index (κ3) is 5.89. The number of nitrogens with zero attached hydrogens (tertiary/aromatic N) is 1. The second kappa shape index (κ2) is 13.1. The van der Waals surface area contributed by atoms with E-state index in [0.717, 1.165) is 26.4 Å². The first kappa shape index (κ1) is 31.0. The topological polar surface area (TPSA) is 49.8 Å². The van der Waals surface area contributed by atoms with E-state index in [1.807, 2.05) is 59.5 Å². The molecule has 0 saturated carbocycles. The number of carbonyl (C=O) groups excluding carboxylic acids is 1. The molecule has 0 bridgehead atoms. The van der Waals surface area contributed by atoms with Crippen LogP contribution in [0.1, 0.15) is 49.5 Å². The van der Waals surface area contributed by atoms with E-state index in [2.05, 4.69) is 94.1 Å². The Bertz CT molecular complexity index is 1480. The lowest BCUT2D eigenvalue weighted by Crippen LogP contribution is -2.68. The SMILES string of the molecule is C=CCC1(Sc2ccccc2)c2ccccc2C(=O)N1CC[C@@H](CO)O[Si](c1ccccc1)(c1ccccc1)C(C)(C)C. The van der Waals surface area contributed by atoms with E-state index in [0.29, 0.717) is 19.4 Å². The lowest BCUT2D eigenvalue weighted by Gasteiger charge is -2.45. The van der Waals surface area contributed by atoms with Crippen molar-refractivity contribution in [1.29, 1.82) is 0 Å². The molecule has 43 heavy (non-hydrogen) atoms. The van der Waals surface area contributed by atoms with Crippen LogP contribution in [0.2, 0.25) is 5.04 Å². The van der Waals surface area contributed by atoms with Gasteiger partial charge in [0.1, 0.15) is 4.87 Å². The van der Waals surface area contributed by atoms with Gasteiger partial charge in [-0.25, -0.2) is 0 Å². The molecule has 1 amide bonds. The summed E-state index contributed by atoms with van der Waals surface area (Å²) in [6, 6.07) is 39.1. The van der Waals surface area contributed by atoms with E-state index in [1.165, 1.54) is 0 Å². The molecule has 5 rings (SSSR count). The van der Waals surface area contributed by atoms with Crippen molar-refractivity contribution in [3.63, 3.8) is 0 Å². The zero-order valence-corrected chi connectivity index (χ0v) is 27.1. The molecule has 2 atom stereocenters. The Balaban J connectivity index is 1.52. The number of hydrogen-bond acceptors (Lipinski definition) is 4. The van der Waals surface area contributed by atoms with Crippen molar-refractivity contribution in [2.75, 3.05) is 13.2 Å². The van der Waals surface area contributed by atoms with E-state index in [1.54, 1.807) is 11.8 Å². The Hall–Kier alpha value is -3.42. The van der Waals surface area contributed by atoms with Gasteiger partial charge in [0, 0.05) is 29.0 Å². The fraction of sp³-hybridized carbons (Fsp3) is 0.270. The first-order valence-electron chi connectivity index (χ1n) is 14.9. The average Bonchev–Trinajstić information content (AvgIpc) is 3.25. The molecule has 6 heteroatoms. The average molecular weight is 608 g/mol. The van der Waals surface area contributed by atoms with Crippen LogP contribution in [0.25, 0.3) is 0 Å². The second-order valence-corrected chi connectivity index (χ2v) is 17.7. The van der Waals surface area contributed by atoms with Gasteiger partial charge in [-0.05, 0) is 40.0 Å². The minimum absolute atomic E-state index is 0.00280. The fourth-order valence-corrected chi connectivity index (χ4v) is 12.6. The fourth-order valence-electron chi connectivity index (χ4n) is 6.40. The van der Waals surface area contributed by atoms with Crippen molar-refractivity contribution >= 4 is 36.4 Å². The Morgan fingerprint density at radius 1 is 0.884 bits per heavy atom. The summed E-state index contributed by atoms with van der Waals surface area (Å²) in [5.74, 6) is 0.00280. The number of hydrogen-bond donors (Lipinski definition) is 1. The minimum atomic E-state index is -2.89. The lowest BCUT2D eigenvalue weighted by atomic mass is 10.0. The first-order chi connectivity index (χ1) is 20.8. The highest BCUT2D eigenvalue weighted by molar-refractivity contribution is 8.00. The maximum absolute atomic E-state index is 14.0.